The first-order valence-electron chi connectivity index (χ1n) is 9.80. The van der Waals surface area contributed by atoms with Gasteiger partial charge in [-0.25, -0.2) is 0 Å². The molecule has 3 aromatic rings. The minimum absolute atomic E-state index is 0.0826. The number of amides is 1. The Labute approximate surface area is 173 Å². The van der Waals surface area contributed by atoms with Gasteiger partial charge in [-0.2, -0.15) is 0 Å². The molecule has 3 aliphatic rings. The van der Waals surface area contributed by atoms with Crippen molar-refractivity contribution in [2.45, 2.75) is 25.4 Å². The highest BCUT2D eigenvalue weighted by Crippen LogP contribution is 2.46. The first kappa shape index (κ1) is 16.9. The number of nitrogens with one attached hydrogen (secondary N) is 1. The van der Waals surface area contributed by atoms with Crippen LogP contribution in [-0.4, -0.2) is 45.2 Å². The van der Waals surface area contributed by atoms with Crippen LogP contribution >= 0.6 is 12.2 Å². The number of H-pyrrole nitrogens is 1. The van der Waals surface area contributed by atoms with Crippen LogP contribution in [-0.2, 0) is 11.2 Å². The molecular formula is C22H19N3O3S. The molecule has 2 unspecified atom stereocenters. The zero-order valence-electron chi connectivity index (χ0n) is 15.8. The van der Waals surface area contributed by atoms with Crippen LogP contribution in [0.3, 0.4) is 0 Å². The highest BCUT2D eigenvalue weighted by molar-refractivity contribution is 7.80. The van der Waals surface area contributed by atoms with Crippen LogP contribution in [0.4, 0.5) is 0 Å². The van der Waals surface area contributed by atoms with E-state index in [0.717, 1.165) is 28.3 Å². The Morgan fingerprint density at radius 3 is 2.86 bits per heavy atom. The first-order valence-corrected chi connectivity index (χ1v) is 10.2. The number of carbonyl (C=O) groups is 1. The van der Waals surface area contributed by atoms with E-state index in [4.69, 9.17) is 21.7 Å². The molecule has 0 radical (unpaired) electrons. The molecule has 7 heteroatoms. The molecule has 1 aromatic heterocycles. The van der Waals surface area contributed by atoms with Crippen LogP contribution in [0.2, 0.25) is 0 Å². The Bertz CT molecular complexity index is 1190. The maximum absolute atomic E-state index is 13.2. The SMILES string of the molecule is CCN1C(=O)C2Cc3c([nH]c4ccccc34)C(c3ccc4c(c3)OCO4)N2C1=S. The highest BCUT2D eigenvalue weighted by atomic mass is 32.1. The zero-order chi connectivity index (χ0) is 19.7. The van der Waals surface area contributed by atoms with E-state index in [1.54, 1.807) is 4.90 Å². The summed E-state index contributed by atoms with van der Waals surface area (Å²) in [6.45, 7) is 2.77. The lowest BCUT2D eigenvalue weighted by atomic mass is 9.89. The lowest BCUT2D eigenvalue weighted by Crippen LogP contribution is -2.44. The number of fused-ring (bicyclic) bond motifs is 5. The normalized spacial score (nSPS) is 22.4. The molecule has 2 atom stereocenters. The summed E-state index contributed by atoms with van der Waals surface area (Å²) in [7, 11) is 0. The Balaban J connectivity index is 1.59. The van der Waals surface area contributed by atoms with Crippen LogP contribution in [0, 0.1) is 0 Å². The van der Waals surface area contributed by atoms with Gasteiger partial charge in [0.1, 0.15) is 6.04 Å². The van der Waals surface area contributed by atoms with Gasteiger partial charge in [0.05, 0.1) is 6.04 Å². The Morgan fingerprint density at radius 1 is 1.17 bits per heavy atom. The molecule has 29 heavy (non-hydrogen) atoms. The standard InChI is InChI=1S/C22H19N3O3S/c1-2-24-21(26)16-10-14-13-5-3-4-6-15(13)23-19(14)20(25(16)22(24)29)12-7-8-17-18(9-12)28-11-27-17/h3-9,16,20,23H,2,10-11H2,1H3. The summed E-state index contributed by atoms with van der Waals surface area (Å²) in [5.74, 6) is 1.55. The van der Waals surface area contributed by atoms with Crippen molar-refractivity contribution in [3.8, 4) is 11.5 Å². The molecular weight excluding hydrogens is 386 g/mol. The molecule has 1 fully saturated rings. The second kappa shape index (κ2) is 5.97. The summed E-state index contributed by atoms with van der Waals surface area (Å²) >= 11 is 5.76. The molecule has 1 saturated heterocycles. The number of para-hydroxylation sites is 1. The second-order valence-corrected chi connectivity index (χ2v) is 7.94. The highest BCUT2D eigenvalue weighted by Gasteiger charge is 2.50. The third-order valence-electron chi connectivity index (χ3n) is 6.16. The van der Waals surface area contributed by atoms with Gasteiger partial charge in [0, 0.05) is 29.6 Å². The molecule has 6 nitrogen and oxygen atoms in total. The Hall–Kier alpha value is -3.06. The van der Waals surface area contributed by atoms with Crippen molar-refractivity contribution in [1.29, 1.82) is 0 Å². The van der Waals surface area contributed by atoms with E-state index in [0.29, 0.717) is 18.1 Å². The van der Waals surface area contributed by atoms with Gasteiger partial charge in [-0.15, -0.1) is 0 Å². The molecule has 4 heterocycles. The van der Waals surface area contributed by atoms with E-state index in [1.165, 1.54) is 10.9 Å². The molecule has 1 N–H and O–H groups in total. The lowest BCUT2D eigenvalue weighted by molar-refractivity contribution is -0.128. The van der Waals surface area contributed by atoms with E-state index in [9.17, 15) is 4.79 Å². The largest absolute Gasteiger partial charge is 0.454 e. The smallest absolute Gasteiger partial charge is 0.251 e. The second-order valence-electron chi connectivity index (χ2n) is 7.57. The number of hydrogen-bond donors (Lipinski definition) is 1. The van der Waals surface area contributed by atoms with Gasteiger partial charge in [0.15, 0.2) is 16.6 Å². The van der Waals surface area contributed by atoms with Crippen LogP contribution in [0.5, 0.6) is 11.5 Å². The van der Waals surface area contributed by atoms with Gasteiger partial charge in [0.2, 0.25) is 6.79 Å². The lowest BCUT2D eigenvalue weighted by Gasteiger charge is -2.37. The van der Waals surface area contributed by atoms with Gasteiger partial charge < -0.3 is 19.4 Å². The number of hydrogen-bond acceptors (Lipinski definition) is 4. The number of aromatic amines is 1. The molecule has 0 aliphatic carbocycles. The fourth-order valence-electron chi connectivity index (χ4n) is 4.85. The third-order valence-corrected chi connectivity index (χ3v) is 6.59. The van der Waals surface area contributed by atoms with Gasteiger partial charge in [0.25, 0.3) is 5.91 Å². The molecule has 6 rings (SSSR count). The number of carbonyl (C=O) groups excluding carboxylic acids is 1. The van der Waals surface area contributed by atoms with Crippen molar-refractivity contribution in [2.24, 2.45) is 0 Å². The molecule has 3 aliphatic heterocycles. The monoisotopic (exact) mass is 405 g/mol. The number of likely N-dealkylation sites (N-methyl/N-ethyl adjacent to an activating group) is 1. The fourth-order valence-corrected chi connectivity index (χ4v) is 5.30. The van der Waals surface area contributed by atoms with Crippen molar-refractivity contribution < 1.29 is 14.3 Å². The average Bonchev–Trinajstić information content (AvgIpc) is 3.41. The number of nitrogens with zero attached hydrogens (tertiary/aromatic N) is 2. The van der Waals surface area contributed by atoms with Crippen LogP contribution in [0.25, 0.3) is 10.9 Å². The van der Waals surface area contributed by atoms with Crippen LogP contribution < -0.4 is 9.47 Å². The fraction of sp³-hybridized carbons (Fsp3) is 0.273. The van der Waals surface area contributed by atoms with Crippen molar-refractivity contribution in [1.82, 2.24) is 14.8 Å². The van der Waals surface area contributed by atoms with Crippen molar-refractivity contribution in [3.63, 3.8) is 0 Å². The van der Waals surface area contributed by atoms with E-state index in [-0.39, 0.29) is 24.8 Å². The number of rotatable bonds is 2. The minimum atomic E-state index is -0.287. The van der Waals surface area contributed by atoms with E-state index >= 15 is 0 Å². The molecule has 2 aromatic carbocycles. The topological polar surface area (TPSA) is 57.8 Å². The van der Waals surface area contributed by atoms with Gasteiger partial charge in [-0.1, -0.05) is 24.3 Å². The first-order chi connectivity index (χ1) is 14.2. The van der Waals surface area contributed by atoms with E-state index in [1.807, 2.05) is 37.3 Å². The summed E-state index contributed by atoms with van der Waals surface area (Å²) in [4.78, 5) is 20.6. The van der Waals surface area contributed by atoms with Gasteiger partial charge in [-0.05, 0) is 48.5 Å². The molecule has 0 saturated carbocycles. The number of thiocarbonyl (C=S) groups is 1. The quantitative estimate of drug-likeness (QED) is 0.663. The summed E-state index contributed by atoms with van der Waals surface area (Å²) in [5.41, 5.74) is 4.39. The third kappa shape index (κ3) is 2.22. The Morgan fingerprint density at radius 2 is 2.00 bits per heavy atom. The zero-order valence-corrected chi connectivity index (χ0v) is 16.7. The van der Waals surface area contributed by atoms with Crippen LogP contribution in [0.15, 0.2) is 42.5 Å². The van der Waals surface area contributed by atoms with Gasteiger partial charge in [-0.3, -0.25) is 9.69 Å². The van der Waals surface area contributed by atoms with Gasteiger partial charge >= 0.3 is 0 Å². The predicted molar refractivity (Wildman–Crippen MR) is 112 cm³/mol. The van der Waals surface area contributed by atoms with E-state index in [2.05, 4.69) is 22.0 Å². The summed E-state index contributed by atoms with van der Waals surface area (Å²) < 4.78 is 11.1. The molecule has 146 valence electrons. The summed E-state index contributed by atoms with van der Waals surface area (Å²) in [6, 6.07) is 13.8. The molecule has 0 spiro atoms. The van der Waals surface area contributed by atoms with Crippen molar-refractivity contribution in [2.75, 3.05) is 13.3 Å². The Kier molecular flexibility index (Phi) is 3.47. The maximum Gasteiger partial charge on any atom is 0.251 e. The van der Waals surface area contributed by atoms with Crippen molar-refractivity contribution >= 4 is 34.1 Å². The number of ether oxygens (including phenoxy) is 2. The minimum Gasteiger partial charge on any atom is -0.454 e. The van der Waals surface area contributed by atoms with Crippen molar-refractivity contribution in [3.05, 3.63) is 59.3 Å². The predicted octanol–water partition coefficient (Wildman–Crippen LogP) is 3.36. The average molecular weight is 405 g/mol. The number of benzene rings is 2. The molecule has 1 amide bonds. The maximum atomic E-state index is 13.2. The van der Waals surface area contributed by atoms with E-state index < -0.39 is 0 Å². The molecule has 0 bridgehead atoms. The van der Waals surface area contributed by atoms with Crippen LogP contribution in [0.1, 0.15) is 29.8 Å². The summed E-state index contributed by atoms with van der Waals surface area (Å²) in [5, 5.41) is 1.76. The number of aromatic nitrogens is 1. The summed E-state index contributed by atoms with van der Waals surface area (Å²) in [6.07, 6.45) is 0.649.